The van der Waals surface area contributed by atoms with Crippen LogP contribution in [0, 0.1) is 0 Å². The molecule has 0 spiro atoms. The number of pyridine rings is 1. The molecule has 0 bridgehead atoms. The Morgan fingerprint density at radius 2 is 1.89 bits per heavy atom. The lowest BCUT2D eigenvalue weighted by Gasteiger charge is -2.20. The van der Waals surface area contributed by atoms with E-state index >= 15 is 0 Å². The van der Waals surface area contributed by atoms with Crippen molar-refractivity contribution in [1.82, 2.24) is 4.57 Å². The van der Waals surface area contributed by atoms with Crippen molar-refractivity contribution in [2.24, 2.45) is 0 Å². The first-order valence-electron chi connectivity index (χ1n) is 6.07. The predicted molar refractivity (Wildman–Crippen MR) is 71.6 cm³/mol. The highest BCUT2D eigenvalue weighted by Crippen LogP contribution is 2.34. The minimum absolute atomic E-state index is 0.0585. The Hall–Kier alpha value is -2.43. The largest absolute Gasteiger partial charge is 0.486 e. The zero-order valence-electron chi connectivity index (χ0n) is 10.3. The van der Waals surface area contributed by atoms with Crippen molar-refractivity contribution in [3.05, 3.63) is 52.4 Å². The molecular weight excluding hydrogens is 244 g/mol. The number of nitrogen functional groups attached to an aromatic ring is 1. The number of aromatic nitrogens is 1. The Bertz CT molecular complexity index is 664. The van der Waals surface area contributed by atoms with E-state index in [0.717, 1.165) is 5.56 Å². The molecule has 0 atom stereocenters. The van der Waals surface area contributed by atoms with Gasteiger partial charge < -0.3 is 19.8 Å². The summed E-state index contributed by atoms with van der Waals surface area (Å²) in [5.74, 6) is 1.34. The molecule has 19 heavy (non-hydrogen) atoms. The van der Waals surface area contributed by atoms with Crippen molar-refractivity contribution in [2.75, 3.05) is 18.9 Å². The fourth-order valence-electron chi connectivity index (χ4n) is 2.06. The minimum Gasteiger partial charge on any atom is -0.486 e. The monoisotopic (exact) mass is 258 g/mol. The summed E-state index contributed by atoms with van der Waals surface area (Å²) in [6.45, 7) is 1.48. The molecule has 2 aromatic rings. The van der Waals surface area contributed by atoms with Crippen LogP contribution in [0.25, 0.3) is 0 Å². The molecule has 2 heterocycles. The molecule has 5 heteroatoms. The van der Waals surface area contributed by atoms with Crippen molar-refractivity contribution in [2.45, 2.75) is 6.54 Å². The molecule has 0 saturated heterocycles. The van der Waals surface area contributed by atoms with Crippen molar-refractivity contribution < 1.29 is 9.47 Å². The van der Waals surface area contributed by atoms with Crippen molar-refractivity contribution in [3.8, 4) is 11.5 Å². The van der Waals surface area contributed by atoms with Gasteiger partial charge in [-0.3, -0.25) is 4.79 Å². The number of nitrogens with zero attached hydrogens (tertiary/aromatic N) is 1. The summed E-state index contributed by atoms with van der Waals surface area (Å²) < 4.78 is 12.6. The number of nitrogens with two attached hydrogens (primary N) is 1. The van der Waals surface area contributed by atoms with Crippen LogP contribution in [0.5, 0.6) is 11.5 Å². The molecule has 3 rings (SSSR count). The third kappa shape index (κ3) is 2.27. The molecule has 0 radical (unpaired) electrons. The van der Waals surface area contributed by atoms with Crippen LogP contribution in [0.1, 0.15) is 5.56 Å². The second kappa shape index (κ2) is 4.68. The summed E-state index contributed by atoms with van der Waals surface area (Å²) >= 11 is 0. The fourth-order valence-corrected chi connectivity index (χ4v) is 2.06. The molecule has 1 aromatic heterocycles. The number of rotatable bonds is 2. The Morgan fingerprint density at radius 3 is 2.63 bits per heavy atom. The van der Waals surface area contributed by atoms with Gasteiger partial charge in [-0.05, 0) is 17.7 Å². The van der Waals surface area contributed by atoms with Crippen LogP contribution in [0.3, 0.4) is 0 Å². The maximum atomic E-state index is 11.7. The van der Waals surface area contributed by atoms with E-state index in [-0.39, 0.29) is 5.56 Å². The summed E-state index contributed by atoms with van der Waals surface area (Å²) in [4.78, 5) is 11.7. The Balaban J connectivity index is 1.97. The molecule has 1 aliphatic rings. The first-order valence-corrected chi connectivity index (χ1v) is 6.07. The molecule has 5 nitrogen and oxygen atoms in total. The van der Waals surface area contributed by atoms with E-state index in [9.17, 15) is 4.79 Å². The van der Waals surface area contributed by atoms with Crippen LogP contribution in [-0.2, 0) is 6.54 Å². The lowest BCUT2D eigenvalue weighted by atomic mass is 10.1. The van der Waals surface area contributed by atoms with Gasteiger partial charge in [0.25, 0.3) is 5.56 Å². The average molecular weight is 258 g/mol. The van der Waals surface area contributed by atoms with E-state index in [1.54, 1.807) is 22.9 Å². The van der Waals surface area contributed by atoms with Crippen LogP contribution in [0.2, 0.25) is 0 Å². The quantitative estimate of drug-likeness (QED) is 0.823. The number of ether oxygens (including phenoxy) is 2. The summed E-state index contributed by atoms with van der Waals surface area (Å²) in [7, 11) is 0. The Labute approximate surface area is 110 Å². The standard InChI is InChI=1S/C14H14N2O3/c15-11-8-13-12(18-5-6-19-13)7-10(11)9-16-4-2-1-3-14(16)17/h1-4,7-8H,5-6,9,15H2. The van der Waals surface area contributed by atoms with Crippen LogP contribution in [-0.4, -0.2) is 17.8 Å². The first kappa shape index (κ1) is 11.6. The van der Waals surface area contributed by atoms with Gasteiger partial charge in [0.1, 0.15) is 13.2 Å². The number of hydrogen-bond donors (Lipinski definition) is 1. The number of fused-ring (bicyclic) bond motifs is 1. The molecule has 0 saturated carbocycles. The molecule has 2 N–H and O–H groups in total. The van der Waals surface area contributed by atoms with Gasteiger partial charge >= 0.3 is 0 Å². The van der Waals surface area contributed by atoms with Gasteiger partial charge in [-0.2, -0.15) is 0 Å². The zero-order valence-corrected chi connectivity index (χ0v) is 10.3. The second-order valence-corrected chi connectivity index (χ2v) is 4.36. The third-order valence-electron chi connectivity index (χ3n) is 3.04. The Kier molecular flexibility index (Phi) is 2.87. The second-order valence-electron chi connectivity index (χ2n) is 4.36. The highest BCUT2D eigenvalue weighted by molar-refractivity contribution is 5.58. The molecule has 0 fully saturated rings. The van der Waals surface area contributed by atoms with Gasteiger partial charge in [-0.15, -0.1) is 0 Å². The van der Waals surface area contributed by atoms with Gasteiger partial charge in [0.15, 0.2) is 11.5 Å². The molecule has 1 aliphatic heterocycles. The van der Waals surface area contributed by atoms with Gasteiger partial charge in [-0.1, -0.05) is 6.07 Å². The Morgan fingerprint density at radius 1 is 1.16 bits per heavy atom. The molecule has 0 unspecified atom stereocenters. The normalized spacial score (nSPS) is 13.3. The van der Waals surface area contributed by atoms with E-state index in [0.29, 0.717) is 36.9 Å². The first-order chi connectivity index (χ1) is 9.24. The number of anilines is 1. The SMILES string of the molecule is Nc1cc2c(cc1Cn1ccccc1=O)OCCO2. The summed E-state index contributed by atoms with van der Waals surface area (Å²) in [6.07, 6.45) is 1.73. The summed E-state index contributed by atoms with van der Waals surface area (Å²) in [5, 5.41) is 0. The fraction of sp³-hybridized carbons (Fsp3) is 0.214. The lowest BCUT2D eigenvalue weighted by molar-refractivity contribution is 0.171. The predicted octanol–water partition coefficient (Wildman–Crippen LogP) is 1.25. The maximum Gasteiger partial charge on any atom is 0.250 e. The molecular formula is C14H14N2O3. The topological polar surface area (TPSA) is 66.5 Å². The zero-order chi connectivity index (χ0) is 13.2. The summed E-state index contributed by atoms with van der Waals surface area (Å²) in [5.41, 5.74) is 7.38. The van der Waals surface area contributed by atoms with Gasteiger partial charge in [0.05, 0.1) is 6.54 Å². The maximum absolute atomic E-state index is 11.7. The van der Waals surface area contributed by atoms with Gasteiger partial charge in [0.2, 0.25) is 0 Å². The van der Waals surface area contributed by atoms with Crippen LogP contribution >= 0.6 is 0 Å². The van der Waals surface area contributed by atoms with Gasteiger partial charge in [0, 0.05) is 24.0 Å². The van der Waals surface area contributed by atoms with E-state index in [2.05, 4.69) is 0 Å². The van der Waals surface area contributed by atoms with Gasteiger partial charge in [-0.25, -0.2) is 0 Å². The van der Waals surface area contributed by atoms with E-state index < -0.39 is 0 Å². The molecule has 98 valence electrons. The van der Waals surface area contributed by atoms with Crippen molar-refractivity contribution in [3.63, 3.8) is 0 Å². The molecule has 1 aromatic carbocycles. The average Bonchev–Trinajstić information content (AvgIpc) is 2.42. The third-order valence-corrected chi connectivity index (χ3v) is 3.04. The summed E-state index contributed by atoms with van der Waals surface area (Å²) in [6, 6.07) is 8.64. The van der Waals surface area contributed by atoms with E-state index in [1.807, 2.05) is 12.1 Å². The smallest absolute Gasteiger partial charge is 0.250 e. The minimum atomic E-state index is -0.0585. The number of benzene rings is 1. The highest BCUT2D eigenvalue weighted by Gasteiger charge is 2.14. The molecule has 0 aliphatic carbocycles. The van der Waals surface area contributed by atoms with E-state index in [4.69, 9.17) is 15.2 Å². The van der Waals surface area contributed by atoms with Crippen molar-refractivity contribution in [1.29, 1.82) is 0 Å². The van der Waals surface area contributed by atoms with Crippen LogP contribution in [0.15, 0.2) is 41.3 Å². The lowest BCUT2D eigenvalue weighted by Crippen LogP contribution is -2.20. The highest BCUT2D eigenvalue weighted by atomic mass is 16.6. The van der Waals surface area contributed by atoms with Crippen molar-refractivity contribution >= 4 is 5.69 Å². The molecule has 0 amide bonds. The van der Waals surface area contributed by atoms with Crippen LogP contribution in [0.4, 0.5) is 5.69 Å². The van der Waals surface area contributed by atoms with E-state index in [1.165, 1.54) is 6.07 Å². The number of hydrogen-bond acceptors (Lipinski definition) is 4. The van der Waals surface area contributed by atoms with Crippen LogP contribution < -0.4 is 20.8 Å².